The zero-order valence-electron chi connectivity index (χ0n) is 11.6. The monoisotopic (exact) mass is 284 g/mol. The zero-order valence-corrected chi connectivity index (χ0v) is 11.6. The Bertz CT molecular complexity index is 734. The Morgan fingerprint density at radius 3 is 2.62 bits per heavy atom. The molecule has 3 aromatic rings. The molecule has 0 bridgehead atoms. The van der Waals surface area contributed by atoms with E-state index in [1.54, 1.807) is 12.1 Å². The molecular formula is C17H17FN2O. The van der Waals surface area contributed by atoms with Gasteiger partial charge in [-0.3, -0.25) is 0 Å². The van der Waals surface area contributed by atoms with Crippen molar-refractivity contribution in [1.29, 1.82) is 0 Å². The van der Waals surface area contributed by atoms with Crippen molar-refractivity contribution in [3.05, 3.63) is 66.1 Å². The van der Waals surface area contributed by atoms with Crippen molar-refractivity contribution < 1.29 is 9.13 Å². The molecule has 108 valence electrons. The standard InChI is InChI=1S/C17H17FN2O/c18-15-3-1-13(2-4-15)12-21-16-5-6-17-14(11-16)7-9-20(17)10-8-19/h1-7,9,11H,8,10,12,19H2. The maximum Gasteiger partial charge on any atom is 0.123 e. The van der Waals surface area contributed by atoms with Crippen molar-refractivity contribution in [2.45, 2.75) is 13.2 Å². The van der Waals surface area contributed by atoms with E-state index in [0.717, 1.165) is 28.8 Å². The first kappa shape index (κ1) is 13.6. The van der Waals surface area contributed by atoms with Gasteiger partial charge in [-0.15, -0.1) is 0 Å². The summed E-state index contributed by atoms with van der Waals surface area (Å²) in [6.07, 6.45) is 2.03. The maximum absolute atomic E-state index is 12.8. The van der Waals surface area contributed by atoms with E-state index in [1.165, 1.54) is 12.1 Å². The van der Waals surface area contributed by atoms with E-state index in [9.17, 15) is 4.39 Å². The molecule has 0 saturated carbocycles. The average molecular weight is 284 g/mol. The van der Waals surface area contributed by atoms with Gasteiger partial charge >= 0.3 is 0 Å². The molecule has 0 spiro atoms. The normalized spacial score (nSPS) is 11.0. The summed E-state index contributed by atoms with van der Waals surface area (Å²) < 4.78 is 20.7. The molecule has 0 atom stereocenters. The number of ether oxygens (including phenoxy) is 1. The van der Waals surface area contributed by atoms with E-state index in [-0.39, 0.29) is 5.82 Å². The SMILES string of the molecule is NCCn1ccc2cc(OCc3ccc(F)cc3)ccc21. The molecule has 0 saturated heterocycles. The van der Waals surface area contributed by atoms with Crippen LogP contribution in [0.2, 0.25) is 0 Å². The first-order chi connectivity index (χ1) is 10.3. The molecule has 0 radical (unpaired) electrons. The Labute approximate surface area is 122 Å². The molecule has 21 heavy (non-hydrogen) atoms. The van der Waals surface area contributed by atoms with E-state index >= 15 is 0 Å². The summed E-state index contributed by atoms with van der Waals surface area (Å²) in [5.74, 6) is 0.568. The quantitative estimate of drug-likeness (QED) is 0.780. The number of nitrogens with two attached hydrogens (primary N) is 1. The smallest absolute Gasteiger partial charge is 0.123 e. The fraction of sp³-hybridized carbons (Fsp3) is 0.176. The number of hydrogen-bond donors (Lipinski definition) is 1. The lowest BCUT2D eigenvalue weighted by molar-refractivity contribution is 0.306. The van der Waals surface area contributed by atoms with E-state index < -0.39 is 0 Å². The van der Waals surface area contributed by atoms with Crippen LogP contribution < -0.4 is 10.5 Å². The minimum absolute atomic E-state index is 0.235. The summed E-state index contributed by atoms with van der Waals surface area (Å²) in [5, 5.41) is 1.13. The van der Waals surface area contributed by atoms with Gasteiger partial charge < -0.3 is 15.0 Å². The maximum atomic E-state index is 12.8. The van der Waals surface area contributed by atoms with Crippen LogP contribution >= 0.6 is 0 Å². The van der Waals surface area contributed by atoms with Crippen LogP contribution in [0.25, 0.3) is 10.9 Å². The lowest BCUT2D eigenvalue weighted by atomic mass is 10.2. The predicted octanol–water partition coefficient (Wildman–Crippen LogP) is 3.32. The highest BCUT2D eigenvalue weighted by Crippen LogP contribution is 2.22. The molecule has 0 aliphatic carbocycles. The van der Waals surface area contributed by atoms with Gasteiger partial charge in [0.15, 0.2) is 0 Å². The zero-order chi connectivity index (χ0) is 14.7. The Hall–Kier alpha value is -2.33. The van der Waals surface area contributed by atoms with Gasteiger partial charge in [-0.2, -0.15) is 0 Å². The average Bonchev–Trinajstić information content (AvgIpc) is 2.90. The van der Waals surface area contributed by atoms with Crippen LogP contribution in [0.5, 0.6) is 5.75 Å². The number of benzene rings is 2. The van der Waals surface area contributed by atoms with Crippen LogP contribution in [-0.2, 0) is 13.2 Å². The van der Waals surface area contributed by atoms with Crippen molar-refractivity contribution in [1.82, 2.24) is 4.57 Å². The molecule has 3 rings (SSSR count). The predicted molar refractivity (Wildman–Crippen MR) is 81.7 cm³/mol. The van der Waals surface area contributed by atoms with Crippen molar-refractivity contribution in [3.63, 3.8) is 0 Å². The number of aromatic nitrogens is 1. The van der Waals surface area contributed by atoms with Crippen molar-refractivity contribution in [2.24, 2.45) is 5.73 Å². The topological polar surface area (TPSA) is 40.2 Å². The Morgan fingerprint density at radius 1 is 1.05 bits per heavy atom. The van der Waals surface area contributed by atoms with Gasteiger partial charge in [-0.25, -0.2) is 4.39 Å². The fourth-order valence-electron chi connectivity index (χ4n) is 2.35. The van der Waals surface area contributed by atoms with E-state index in [0.29, 0.717) is 13.2 Å². The summed E-state index contributed by atoms with van der Waals surface area (Å²) in [7, 11) is 0. The number of rotatable bonds is 5. The van der Waals surface area contributed by atoms with Gasteiger partial charge in [0, 0.05) is 30.2 Å². The number of hydrogen-bond acceptors (Lipinski definition) is 2. The first-order valence-corrected chi connectivity index (χ1v) is 6.92. The third kappa shape index (κ3) is 3.06. The minimum atomic E-state index is -0.235. The van der Waals surface area contributed by atoms with Crippen LogP contribution in [0.4, 0.5) is 4.39 Å². The van der Waals surface area contributed by atoms with Gasteiger partial charge in [0.05, 0.1) is 0 Å². The third-order valence-corrected chi connectivity index (χ3v) is 3.43. The highest BCUT2D eigenvalue weighted by Gasteiger charge is 2.03. The van der Waals surface area contributed by atoms with Gasteiger partial charge in [-0.1, -0.05) is 12.1 Å². The Kier molecular flexibility index (Phi) is 3.88. The summed E-state index contributed by atoms with van der Waals surface area (Å²) in [5.41, 5.74) is 7.68. The van der Waals surface area contributed by atoms with Crippen LogP contribution in [0.3, 0.4) is 0 Å². The lowest BCUT2D eigenvalue weighted by Gasteiger charge is -2.07. The molecule has 1 heterocycles. The Morgan fingerprint density at radius 2 is 1.86 bits per heavy atom. The number of halogens is 1. The summed E-state index contributed by atoms with van der Waals surface area (Å²) >= 11 is 0. The summed E-state index contributed by atoms with van der Waals surface area (Å²) in [6, 6.07) is 14.4. The molecule has 1 aromatic heterocycles. The van der Waals surface area contributed by atoms with Gasteiger partial charge in [-0.05, 0) is 42.0 Å². The lowest BCUT2D eigenvalue weighted by Crippen LogP contribution is -2.08. The van der Waals surface area contributed by atoms with Crippen molar-refractivity contribution in [2.75, 3.05) is 6.54 Å². The van der Waals surface area contributed by atoms with Crippen LogP contribution in [0, 0.1) is 5.82 Å². The molecule has 2 aromatic carbocycles. The molecule has 4 heteroatoms. The minimum Gasteiger partial charge on any atom is -0.489 e. The van der Waals surface area contributed by atoms with Gasteiger partial charge in [0.1, 0.15) is 18.2 Å². The summed E-state index contributed by atoms with van der Waals surface area (Å²) in [6.45, 7) is 1.85. The molecule has 3 nitrogen and oxygen atoms in total. The third-order valence-electron chi connectivity index (χ3n) is 3.43. The van der Waals surface area contributed by atoms with Gasteiger partial charge in [0.25, 0.3) is 0 Å². The second kappa shape index (κ2) is 5.97. The van der Waals surface area contributed by atoms with Crippen molar-refractivity contribution in [3.8, 4) is 5.75 Å². The molecule has 0 amide bonds. The highest BCUT2D eigenvalue weighted by atomic mass is 19.1. The second-order valence-electron chi connectivity index (χ2n) is 4.93. The fourth-order valence-corrected chi connectivity index (χ4v) is 2.35. The first-order valence-electron chi connectivity index (χ1n) is 6.92. The molecule has 0 unspecified atom stereocenters. The van der Waals surface area contributed by atoms with Crippen molar-refractivity contribution >= 4 is 10.9 Å². The molecule has 0 aliphatic rings. The molecule has 0 fully saturated rings. The molecule has 2 N–H and O–H groups in total. The number of nitrogens with zero attached hydrogens (tertiary/aromatic N) is 1. The van der Waals surface area contributed by atoms with E-state index in [2.05, 4.69) is 10.6 Å². The van der Waals surface area contributed by atoms with Gasteiger partial charge in [0.2, 0.25) is 0 Å². The largest absolute Gasteiger partial charge is 0.489 e. The molecule has 0 aliphatic heterocycles. The van der Waals surface area contributed by atoms with E-state index in [4.69, 9.17) is 10.5 Å². The summed E-state index contributed by atoms with van der Waals surface area (Å²) in [4.78, 5) is 0. The highest BCUT2D eigenvalue weighted by molar-refractivity contribution is 5.81. The second-order valence-corrected chi connectivity index (χ2v) is 4.93. The molecular weight excluding hydrogens is 267 g/mol. The van der Waals surface area contributed by atoms with Crippen LogP contribution in [-0.4, -0.2) is 11.1 Å². The van der Waals surface area contributed by atoms with E-state index in [1.807, 2.05) is 24.4 Å². The van der Waals surface area contributed by atoms with Crippen LogP contribution in [0.1, 0.15) is 5.56 Å². The Balaban J connectivity index is 1.74. The number of fused-ring (bicyclic) bond motifs is 1. The van der Waals surface area contributed by atoms with Crippen LogP contribution in [0.15, 0.2) is 54.7 Å².